The van der Waals surface area contributed by atoms with Gasteiger partial charge in [-0.25, -0.2) is 0 Å². The van der Waals surface area contributed by atoms with Crippen molar-refractivity contribution in [2.45, 2.75) is 38.0 Å². The van der Waals surface area contributed by atoms with Crippen molar-refractivity contribution in [2.75, 3.05) is 18.8 Å². The molecule has 1 aromatic carbocycles. The first-order chi connectivity index (χ1) is 9.46. The number of fused-ring (bicyclic) bond motifs is 1. The number of carbonyl (C=O) groups excluding carboxylic acids is 1. The van der Waals surface area contributed by atoms with Crippen LogP contribution in [0.4, 0.5) is 0 Å². The maximum absolute atomic E-state index is 11.9. The van der Waals surface area contributed by atoms with Crippen molar-refractivity contribution in [2.24, 2.45) is 0 Å². The molecule has 1 amide bonds. The van der Waals surface area contributed by atoms with Gasteiger partial charge in [-0.15, -0.1) is 11.8 Å². The van der Waals surface area contributed by atoms with Crippen LogP contribution in [0, 0.1) is 0 Å². The minimum absolute atomic E-state index is 0.120. The van der Waals surface area contributed by atoms with Gasteiger partial charge in [0.05, 0.1) is 5.75 Å². The normalized spacial score (nSPS) is 18.4. The minimum atomic E-state index is 0.120. The molecule has 0 spiro atoms. The van der Waals surface area contributed by atoms with Crippen LogP contribution in [0.25, 0.3) is 0 Å². The molecule has 0 radical (unpaired) electrons. The summed E-state index contributed by atoms with van der Waals surface area (Å²) in [6.45, 7) is 8.03. The predicted molar refractivity (Wildman–Crippen MR) is 86.1 cm³/mol. The molecule has 0 bridgehead atoms. The van der Waals surface area contributed by atoms with E-state index in [1.165, 1.54) is 11.1 Å². The summed E-state index contributed by atoms with van der Waals surface area (Å²) < 4.78 is 0.132. The van der Waals surface area contributed by atoms with Crippen LogP contribution in [-0.2, 0) is 11.2 Å². The molecule has 20 heavy (non-hydrogen) atoms. The van der Waals surface area contributed by atoms with Crippen LogP contribution in [0.2, 0.25) is 0 Å². The fourth-order valence-electron chi connectivity index (χ4n) is 2.32. The molecule has 0 saturated carbocycles. The van der Waals surface area contributed by atoms with E-state index < -0.39 is 0 Å². The van der Waals surface area contributed by atoms with Crippen LogP contribution in [-0.4, -0.2) is 29.5 Å². The van der Waals surface area contributed by atoms with Crippen LogP contribution < -0.4 is 10.6 Å². The predicted octanol–water partition coefficient (Wildman–Crippen LogP) is 2.52. The molecule has 2 rings (SSSR count). The molecular formula is C16H24N2OS. The number of thioether (sulfide) groups is 1. The van der Waals surface area contributed by atoms with E-state index in [9.17, 15) is 4.79 Å². The molecule has 4 heteroatoms. The number of nitrogens with one attached hydrogen (secondary N) is 2. The van der Waals surface area contributed by atoms with Crippen LogP contribution in [0.15, 0.2) is 24.3 Å². The summed E-state index contributed by atoms with van der Waals surface area (Å²) in [5, 5.41) is 6.53. The molecule has 1 aliphatic heterocycles. The van der Waals surface area contributed by atoms with E-state index in [4.69, 9.17) is 0 Å². The summed E-state index contributed by atoms with van der Waals surface area (Å²) in [6.07, 6.45) is 1.07. The van der Waals surface area contributed by atoms with Gasteiger partial charge < -0.3 is 10.6 Å². The topological polar surface area (TPSA) is 41.1 Å². The lowest BCUT2D eigenvalue weighted by Crippen LogP contribution is -2.39. The fourth-order valence-corrected chi connectivity index (χ4v) is 2.99. The molecule has 1 aromatic rings. The van der Waals surface area contributed by atoms with Crippen molar-refractivity contribution in [3.05, 3.63) is 35.4 Å². The van der Waals surface area contributed by atoms with Gasteiger partial charge in [-0.05, 0) is 24.1 Å². The van der Waals surface area contributed by atoms with Gasteiger partial charge in [0.25, 0.3) is 0 Å². The third kappa shape index (κ3) is 4.53. The quantitative estimate of drug-likeness (QED) is 0.896. The van der Waals surface area contributed by atoms with Gasteiger partial charge in [0.1, 0.15) is 0 Å². The zero-order chi connectivity index (χ0) is 14.6. The Hall–Kier alpha value is -1.00. The Morgan fingerprint density at radius 3 is 2.90 bits per heavy atom. The van der Waals surface area contributed by atoms with Crippen LogP contribution in [0.3, 0.4) is 0 Å². The molecule has 1 aliphatic rings. The van der Waals surface area contributed by atoms with E-state index in [1.54, 1.807) is 11.8 Å². The average Bonchev–Trinajstić information content (AvgIpc) is 2.42. The molecule has 1 atom stereocenters. The Bertz CT molecular complexity index is 468. The number of hydrogen-bond acceptors (Lipinski definition) is 3. The molecule has 1 heterocycles. The highest BCUT2D eigenvalue weighted by Gasteiger charge is 2.20. The van der Waals surface area contributed by atoms with Crippen molar-refractivity contribution in [3.8, 4) is 0 Å². The fraction of sp³-hybridized carbons (Fsp3) is 0.562. The molecule has 2 N–H and O–H groups in total. The van der Waals surface area contributed by atoms with Crippen LogP contribution >= 0.6 is 11.8 Å². The summed E-state index contributed by atoms with van der Waals surface area (Å²) in [5.41, 5.74) is 2.72. The van der Waals surface area contributed by atoms with Gasteiger partial charge in [0.2, 0.25) is 5.91 Å². The monoisotopic (exact) mass is 292 g/mol. The summed E-state index contributed by atoms with van der Waals surface area (Å²) in [5.74, 6) is 0.646. The van der Waals surface area contributed by atoms with Gasteiger partial charge in [-0.1, -0.05) is 45.0 Å². The van der Waals surface area contributed by atoms with Crippen LogP contribution in [0.1, 0.15) is 37.9 Å². The lowest BCUT2D eigenvalue weighted by atomic mass is 9.94. The minimum Gasteiger partial charge on any atom is -0.353 e. The van der Waals surface area contributed by atoms with E-state index in [-0.39, 0.29) is 16.7 Å². The van der Waals surface area contributed by atoms with E-state index in [0.29, 0.717) is 12.3 Å². The standard InChI is InChI=1S/C16H24N2OS/c1-16(2,3)20-11-15(19)18-10-14-13-7-5-4-6-12(13)8-9-17-14/h4-7,14,17H,8-11H2,1-3H3,(H,18,19). The van der Waals surface area contributed by atoms with E-state index >= 15 is 0 Å². The summed E-state index contributed by atoms with van der Waals surface area (Å²) in [7, 11) is 0. The first-order valence-corrected chi connectivity index (χ1v) is 8.16. The van der Waals surface area contributed by atoms with Gasteiger partial charge in [-0.2, -0.15) is 0 Å². The number of hydrogen-bond donors (Lipinski definition) is 2. The number of carbonyl (C=O) groups is 1. The van der Waals surface area contributed by atoms with Gasteiger partial charge >= 0.3 is 0 Å². The summed E-state index contributed by atoms with van der Waals surface area (Å²) >= 11 is 1.68. The molecule has 3 nitrogen and oxygen atoms in total. The second-order valence-corrected chi connectivity index (χ2v) is 7.96. The first kappa shape index (κ1) is 15.4. The first-order valence-electron chi connectivity index (χ1n) is 7.17. The Labute approximate surface area is 125 Å². The Kier molecular flexibility index (Phi) is 5.11. The smallest absolute Gasteiger partial charge is 0.230 e. The van der Waals surface area contributed by atoms with Crippen molar-refractivity contribution >= 4 is 17.7 Å². The third-order valence-corrected chi connectivity index (χ3v) is 4.63. The number of amides is 1. The highest BCUT2D eigenvalue weighted by Crippen LogP contribution is 2.23. The number of rotatable bonds is 4. The van der Waals surface area contributed by atoms with E-state index in [0.717, 1.165) is 13.0 Å². The second-order valence-electron chi connectivity index (χ2n) is 6.16. The molecule has 1 unspecified atom stereocenters. The maximum atomic E-state index is 11.9. The Morgan fingerprint density at radius 2 is 2.15 bits per heavy atom. The molecule has 110 valence electrons. The van der Waals surface area contributed by atoms with Gasteiger partial charge in [-0.3, -0.25) is 4.79 Å². The third-order valence-electron chi connectivity index (χ3n) is 3.36. The highest BCUT2D eigenvalue weighted by molar-refractivity contribution is 8.01. The molecule has 0 fully saturated rings. The SMILES string of the molecule is CC(C)(C)SCC(=O)NCC1NCCc2ccccc21. The Morgan fingerprint density at radius 1 is 1.40 bits per heavy atom. The number of benzene rings is 1. The zero-order valence-corrected chi connectivity index (χ0v) is 13.3. The Balaban J connectivity index is 1.85. The zero-order valence-electron chi connectivity index (χ0n) is 12.5. The molecule has 0 aliphatic carbocycles. The van der Waals surface area contributed by atoms with E-state index in [1.807, 2.05) is 0 Å². The maximum Gasteiger partial charge on any atom is 0.230 e. The van der Waals surface area contributed by atoms with Crippen molar-refractivity contribution in [3.63, 3.8) is 0 Å². The largest absolute Gasteiger partial charge is 0.353 e. The summed E-state index contributed by atoms with van der Waals surface area (Å²) in [6, 6.07) is 8.72. The van der Waals surface area contributed by atoms with Crippen molar-refractivity contribution in [1.29, 1.82) is 0 Å². The lowest BCUT2D eigenvalue weighted by Gasteiger charge is -2.27. The summed E-state index contributed by atoms with van der Waals surface area (Å²) in [4.78, 5) is 11.9. The second kappa shape index (κ2) is 6.64. The highest BCUT2D eigenvalue weighted by atomic mass is 32.2. The average molecular weight is 292 g/mol. The van der Waals surface area contributed by atoms with Gasteiger partial charge in [0, 0.05) is 17.3 Å². The van der Waals surface area contributed by atoms with Crippen molar-refractivity contribution < 1.29 is 4.79 Å². The van der Waals surface area contributed by atoms with Gasteiger partial charge in [0.15, 0.2) is 0 Å². The van der Waals surface area contributed by atoms with E-state index in [2.05, 4.69) is 55.7 Å². The van der Waals surface area contributed by atoms with Crippen molar-refractivity contribution in [1.82, 2.24) is 10.6 Å². The molecule has 0 aromatic heterocycles. The molecule has 0 saturated heterocycles. The lowest BCUT2D eigenvalue weighted by molar-refractivity contribution is -0.118. The van der Waals surface area contributed by atoms with Crippen LogP contribution in [0.5, 0.6) is 0 Å². The molecular weight excluding hydrogens is 268 g/mol.